The normalized spacial score (nSPS) is 12.4. The van der Waals surface area contributed by atoms with Crippen LogP contribution in [0, 0.1) is 0 Å². The van der Waals surface area contributed by atoms with E-state index in [1.165, 1.54) is 97.9 Å². The van der Waals surface area contributed by atoms with Gasteiger partial charge >= 0.3 is 0 Å². The second-order valence-electron chi connectivity index (χ2n) is 18.4. The zero-order valence-corrected chi connectivity index (χ0v) is 37.4. The highest BCUT2D eigenvalue weighted by Crippen LogP contribution is 2.53. The van der Waals surface area contributed by atoms with Crippen LogP contribution >= 0.6 is 0 Å². The largest absolute Gasteiger partial charge is 0.453 e. The summed E-state index contributed by atoms with van der Waals surface area (Å²) in [6, 6.07) is 88.8. The van der Waals surface area contributed by atoms with Gasteiger partial charge in [-0.3, -0.25) is 0 Å². The summed E-state index contributed by atoms with van der Waals surface area (Å²) < 4.78 is 9.44. The average Bonchev–Trinajstić information content (AvgIpc) is 3.75. The number of hydrogen-bond donors (Lipinski definition) is 0. The van der Waals surface area contributed by atoms with Crippen LogP contribution in [0.1, 0.15) is 0 Å². The summed E-state index contributed by atoms with van der Waals surface area (Å²) in [5.74, 6) is 1.65. The SMILES string of the molecule is c1ccc2cc3c(cc2c1)Oc1cc(-c2ccc4c(c2)c2ccc5ccccc5c2n4-c2cccc4ccccc24)ccc1N3c1ccc(-c2ccc3c4ccccc4c4ccccc4c3c2)cc1. The molecule has 0 amide bonds. The molecule has 0 saturated heterocycles. The van der Waals surface area contributed by atoms with Gasteiger partial charge in [0.1, 0.15) is 0 Å². The molecule has 320 valence electrons. The van der Waals surface area contributed by atoms with Gasteiger partial charge in [-0.2, -0.15) is 0 Å². The molecule has 0 unspecified atom stereocenters. The number of fused-ring (bicyclic) bond motifs is 15. The minimum atomic E-state index is 0.817. The number of benzene rings is 13. The van der Waals surface area contributed by atoms with E-state index in [1.807, 2.05) is 0 Å². The van der Waals surface area contributed by atoms with E-state index < -0.39 is 0 Å². The lowest BCUT2D eigenvalue weighted by atomic mass is 9.92. The fraction of sp³-hybridized carbons (Fsp3) is 0. The fourth-order valence-electron chi connectivity index (χ4n) is 11.5. The first-order chi connectivity index (χ1) is 34.2. The van der Waals surface area contributed by atoms with Crippen molar-refractivity contribution in [3.05, 3.63) is 243 Å². The maximum absolute atomic E-state index is 6.96. The molecule has 0 atom stereocenters. The van der Waals surface area contributed by atoms with E-state index in [9.17, 15) is 0 Å². The molecule has 1 aliphatic rings. The molecule has 1 aliphatic heterocycles. The minimum absolute atomic E-state index is 0.817. The molecule has 15 rings (SSSR count). The quantitative estimate of drug-likeness (QED) is 0.164. The summed E-state index contributed by atoms with van der Waals surface area (Å²) >= 11 is 0. The first-order valence-electron chi connectivity index (χ1n) is 23.7. The Balaban J connectivity index is 0.864. The van der Waals surface area contributed by atoms with E-state index in [0.29, 0.717) is 0 Å². The van der Waals surface area contributed by atoms with Gasteiger partial charge in [-0.15, -0.1) is 0 Å². The molecular formula is C66H40N2O. The highest BCUT2D eigenvalue weighted by molar-refractivity contribution is 6.26. The molecule has 0 aliphatic carbocycles. The predicted octanol–water partition coefficient (Wildman–Crippen LogP) is 18.6. The van der Waals surface area contributed by atoms with Crippen LogP contribution in [0.15, 0.2) is 243 Å². The maximum Gasteiger partial charge on any atom is 0.152 e. The molecule has 2 heterocycles. The second-order valence-corrected chi connectivity index (χ2v) is 18.4. The molecule has 3 heteroatoms. The maximum atomic E-state index is 6.96. The van der Waals surface area contributed by atoms with Crippen LogP contribution in [-0.2, 0) is 0 Å². The molecule has 69 heavy (non-hydrogen) atoms. The summed E-state index contributed by atoms with van der Waals surface area (Å²) in [5.41, 5.74) is 11.3. The van der Waals surface area contributed by atoms with Crippen LogP contribution < -0.4 is 9.64 Å². The van der Waals surface area contributed by atoms with Crippen LogP contribution in [0.2, 0.25) is 0 Å². The van der Waals surface area contributed by atoms with E-state index >= 15 is 0 Å². The molecule has 0 spiro atoms. The van der Waals surface area contributed by atoms with Crippen LogP contribution in [0.4, 0.5) is 17.1 Å². The Hall–Kier alpha value is -9.18. The molecule has 1 aromatic heterocycles. The number of anilines is 3. The van der Waals surface area contributed by atoms with Crippen molar-refractivity contribution in [2.75, 3.05) is 4.90 Å². The van der Waals surface area contributed by atoms with E-state index in [4.69, 9.17) is 4.74 Å². The van der Waals surface area contributed by atoms with E-state index in [1.54, 1.807) is 0 Å². The number of hydrogen-bond acceptors (Lipinski definition) is 2. The third-order valence-electron chi connectivity index (χ3n) is 14.7. The van der Waals surface area contributed by atoms with Gasteiger partial charge in [0.25, 0.3) is 0 Å². The molecule has 3 nitrogen and oxygen atoms in total. The van der Waals surface area contributed by atoms with Crippen LogP contribution in [0.25, 0.3) is 114 Å². The lowest BCUT2D eigenvalue weighted by Gasteiger charge is -2.33. The number of nitrogens with zero attached hydrogens (tertiary/aromatic N) is 2. The lowest BCUT2D eigenvalue weighted by Crippen LogP contribution is -2.16. The third-order valence-corrected chi connectivity index (χ3v) is 14.7. The Morgan fingerprint density at radius 3 is 1.52 bits per heavy atom. The van der Waals surface area contributed by atoms with E-state index in [2.05, 4.69) is 252 Å². The summed E-state index contributed by atoms with van der Waals surface area (Å²) in [6.45, 7) is 0. The molecule has 0 radical (unpaired) electrons. The van der Waals surface area contributed by atoms with Gasteiger partial charge < -0.3 is 14.2 Å². The van der Waals surface area contributed by atoms with Gasteiger partial charge in [0.15, 0.2) is 11.5 Å². The fourth-order valence-corrected chi connectivity index (χ4v) is 11.5. The van der Waals surface area contributed by atoms with Crippen molar-refractivity contribution < 1.29 is 4.74 Å². The highest BCUT2D eigenvalue weighted by atomic mass is 16.5. The minimum Gasteiger partial charge on any atom is -0.453 e. The lowest BCUT2D eigenvalue weighted by molar-refractivity contribution is 0.478. The summed E-state index contributed by atoms with van der Waals surface area (Å²) in [7, 11) is 0. The molecular weight excluding hydrogens is 837 g/mol. The van der Waals surface area contributed by atoms with Crippen molar-refractivity contribution in [2.24, 2.45) is 0 Å². The molecule has 0 saturated carbocycles. The van der Waals surface area contributed by atoms with Crippen molar-refractivity contribution in [1.29, 1.82) is 0 Å². The number of rotatable bonds is 4. The summed E-state index contributed by atoms with van der Waals surface area (Å²) in [6.07, 6.45) is 0. The molecule has 14 aromatic rings. The molecule has 0 N–H and O–H groups in total. The van der Waals surface area contributed by atoms with Gasteiger partial charge in [0, 0.05) is 27.2 Å². The Morgan fingerprint density at radius 1 is 0.261 bits per heavy atom. The van der Waals surface area contributed by atoms with Gasteiger partial charge in [-0.1, -0.05) is 182 Å². The van der Waals surface area contributed by atoms with E-state index in [0.717, 1.165) is 45.1 Å². The Bertz CT molecular complexity index is 4430. The molecule has 0 bridgehead atoms. The highest BCUT2D eigenvalue weighted by Gasteiger charge is 2.28. The van der Waals surface area contributed by atoms with Gasteiger partial charge in [0.2, 0.25) is 0 Å². The van der Waals surface area contributed by atoms with Crippen molar-refractivity contribution in [1.82, 2.24) is 4.57 Å². The van der Waals surface area contributed by atoms with E-state index in [-0.39, 0.29) is 0 Å². The van der Waals surface area contributed by atoms with Gasteiger partial charge in [0.05, 0.1) is 28.1 Å². The van der Waals surface area contributed by atoms with Crippen molar-refractivity contribution in [3.8, 4) is 39.4 Å². The monoisotopic (exact) mass is 876 g/mol. The first kappa shape index (κ1) is 38.0. The second kappa shape index (κ2) is 14.7. The van der Waals surface area contributed by atoms with Crippen molar-refractivity contribution >= 4 is 104 Å². The van der Waals surface area contributed by atoms with Crippen molar-refractivity contribution in [2.45, 2.75) is 0 Å². The number of ether oxygens (including phenoxy) is 1. The first-order valence-corrected chi connectivity index (χ1v) is 23.7. The summed E-state index contributed by atoms with van der Waals surface area (Å²) in [5, 5.41) is 17.4. The van der Waals surface area contributed by atoms with Crippen molar-refractivity contribution in [3.63, 3.8) is 0 Å². The van der Waals surface area contributed by atoms with Crippen LogP contribution in [-0.4, -0.2) is 4.57 Å². The molecule has 0 fully saturated rings. The third kappa shape index (κ3) is 5.74. The predicted molar refractivity (Wildman–Crippen MR) is 291 cm³/mol. The standard InChI is InChI=1S/C66H40N2O/c1-2-15-45-39-65-63(38-44(45)14-1)67(49-30-24-41(25-31-49)46-27-32-56-54-21-8-7-19-52(54)53-20-9-10-22-55(53)58(56)36-46)62-35-29-48(40-64(62)69-65)47-28-34-61-59(37-47)57-33-26-43-13-4-6-18-51(43)66(57)68(61)60-23-11-16-42-12-3-5-17-50(42)60/h1-40H. The van der Waals surface area contributed by atoms with Crippen LogP contribution in [0.3, 0.4) is 0 Å². The van der Waals surface area contributed by atoms with Gasteiger partial charge in [-0.05, 0) is 137 Å². The molecule has 13 aromatic carbocycles. The zero-order chi connectivity index (χ0) is 45.2. The average molecular weight is 877 g/mol. The summed E-state index contributed by atoms with van der Waals surface area (Å²) in [4.78, 5) is 2.36. The Morgan fingerprint density at radius 2 is 0.768 bits per heavy atom. The van der Waals surface area contributed by atoms with Crippen LogP contribution in [0.5, 0.6) is 11.5 Å². The van der Waals surface area contributed by atoms with Gasteiger partial charge in [-0.25, -0.2) is 0 Å². The Kier molecular flexibility index (Phi) is 8.07. The zero-order valence-electron chi connectivity index (χ0n) is 37.4. The smallest absolute Gasteiger partial charge is 0.152 e. The number of aromatic nitrogens is 1. The Labute approximate surface area is 397 Å². The topological polar surface area (TPSA) is 17.4 Å².